The number of aromatic nitrogens is 4. The molecule has 0 aliphatic carbocycles. The van der Waals surface area contributed by atoms with E-state index < -0.39 is 0 Å². The second kappa shape index (κ2) is 12.6. The summed E-state index contributed by atoms with van der Waals surface area (Å²) in [6.07, 6.45) is 5.35. The highest BCUT2D eigenvalue weighted by atomic mass is 16.5. The normalized spacial score (nSPS) is 11.4. The van der Waals surface area contributed by atoms with Crippen LogP contribution in [0.3, 0.4) is 0 Å². The Morgan fingerprint density at radius 1 is 1.11 bits per heavy atom. The maximum atomic E-state index is 13.0. The minimum absolute atomic E-state index is 0.191. The van der Waals surface area contributed by atoms with Gasteiger partial charge in [-0.05, 0) is 50.2 Å². The number of nitrogens with zero attached hydrogens (tertiary/aromatic N) is 4. The molecular weight excluding hydrogens is 480 g/mol. The summed E-state index contributed by atoms with van der Waals surface area (Å²) in [5.74, 6) is 8.09. The van der Waals surface area contributed by atoms with E-state index in [9.17, 15) is 4.79 Å². The van der Waals surface area contributed by atoms with E-state index in [-0.39, 0.29) is 12.0 Å². The SMILES string of the molecule is COC[C@H](C)Oc1cc(C#Cc2cccc(NCCn3ccnc3C)c2)cc(C(=O)Nc2ccn(C)n2)c1. The number of rotatable bonds is 10. The van der Waals surface area contributed by atoms with E-state index in [1.807, 2.05) is 50.4 Å². The average molecular weight is 513 g/mol. The summed E-state index contributed by atoms with van der Waals surface area (Å²) in [6, 6.07) is 14.9. The molecule has 0 aliphatic heterocycles. The van der Waals surface area contributed by atoms with Crippen molar-refractivity contribution >= 4 is 17.4 Å². The summed E-state index contributed by atoms with van der Waals surface area (Å²) in [5.41, 5.74) is 2.92. The second-order valence-corrected chi connectivity index (χ2v) is 8.88. The van der Waals surface area contributed by atoms with Crippen LogP contribution >= 0.6 is 0 Å². The summed E-state index contributed by atoms with van der Waals surface area (Å²) in [6.45, 7) is 5.90. The third-order valence-corrected chi connectivity index (χ3v) is 5.68. The molecule has 2 aromatic carbocycles. The molecule has 9 heteroatoms. The van der Waals surface area contributed by atoms with Gasteiger partial charge in [-0.15, -0.1) is 0 Å². The van der Waals surface area contributed by atoms with Crippen LogP contribution in [0.4, 0.5) is 11.5 Å². The summed E-state index contributed by atoms with van der Waals surface area (Å²) >= 11 is 0. The van der Waals surface area contributed by atoms with Crippen LogP contribution in [0, 0.1) is 18.8 Å². The fourth-order valence-corrected chi connectivity index (χ4v) is 3.85. The first-order valence-corrected chi connectivity index (χ1v) is 12.3. The number of imidazole rings is 1. The molecule has 0 fully saturated rings. The zero-order valence-electron chi connectivity index (χ0n) is 22.1. The first-order chi connectivity index (χ1) is 18.4. The van der Waals surface area contributed by atoms with Gasteiger partial charge in [0, 0.05) is 74.3 Å². The smallest absolute Gasteiger partial charge is 0.257 e. The van der Waals surface area contributed by atoms with Crippen LogP contribution in [0.2, 0.25) is 0 Å². The van der Waals surface area contributed by atoms with Crippen molar-refractivity contribution < 1.29 is 14.3 Å². The number of hydrogen-bond acceptors (Lipinski definition) is 6. The predicted octanol–water partition coefficient (Wildman–Crippen LogP) is 4.10. The van der Waals surface area contributed by atoms with Gasteiger partial charge in [0.2, 0.25) is 0 Å². The summed E-state index contributed by atoms with van der Waals surface area (Å²) in [5, 5.41) is 10.5. The molecule has 0 unspecified atom stereocenters. The largest absolute Gasteiger partial charge is 0.488 e. The van der Waals surface area contributed by atoms with E-state index in [1.165, 1.54) is 0 Å². The molecule has 2 N–H and O–H groups in total. The predicted molar refractivity (Wildman–Crippen MR) is 147 cm³/mol. The number of nitrogens with one attached hydrogen (secondary N) is 2. The zero-order valence-corrected chi connectivity index (χ0v) is 22.1. The summed E-state index contributed by atoms with van der Waals surface area (Å²) in [7, 11) is 3.41. The van der Waals surface area contributed by atoms with Crippen LogP contribution in [0.15, 0.2) is 67.1 Å². The third-order valence-electron chi connectivity index (χ3n) is 5.68. The zero-order chi connectivity index (χ0) is 26.9. The van der Waals surface area contributed by atoms with Gasteiger partial charge in [0.1, 0.15) is 17.7 Å². The van der Waals surface area contributed by atoms with Gasteiger partial charge < -0.3 is 24.7 Å². The van der Waals surface area contributed by atoms with E-state index in [2.05, 4.69) is 37.1 Å². The second-order valence-electron chi connectivity index (χ2n) is 8.88. The van der Waals surface area contributed by atoms with Crippen LogP contribution in [-0.2, 0) is 18.3 Å². The van der Waals surface area contributed by atoms with Gasteiger partial charge in [0.25, 0.3) is 5.91 Å². The molecule has 0 radical (unpaired) electrons. The maximum Gasteiger partial charge on any atom is 0.257 e. The molecule has 4 rings (SSSR count). The lowest BCUT2D eigenvalue weighted by Gasteiger charge is -2.15. The quantitative estimate of drug-likeness (QED) is 0.311. The van der Waals surface area contributed by atoms with E-state index in [0.717, 1.165) is 30.2 Å². The fraction of sp³-hybridized carbons (Fsp3) is 0.276. The molecule has 0 bridgehead atoms. The molecule has 0 saturated heterocycles. The highest BCUT2D eigenvalue weighted by Crippen LogP contribution is 2.20. The average Bonchev–Trinajstić information content (AvgIpc) is 3.50. The van der Waals surface area contributed by atoms with E-state index in [4.69, 9.17) is 9.47 Å². The number of amides is 1. The standard InChI is InChI=1S/C29H32N6O3/c1-21(20-37-4)38-27-18-24(16-25(19-27)29(36)32-28-10-13-34(3)33-28)9-8-23-6-5-7-26(17-23)31-12-15-35-14-11-30-22(35)2/h5-7,10-11,13-14,16-19,21,31H,12,15,20H2,1-4H3,(H,32,33,36)/t21-/m0/s1. The maximum absolute atomic E-state index is 13.0. The van der Waals surface area contributed by atoms with Crippen LogP contribution in [0.25, 0.3) is 0 Å². The minimum Gasteiger partial charge on any atom is -0.488 e. The van der Waals surface area contributed by atoms with Gasteiger partial charge in [-0.2, -0.15) is 5.10 Å². The topological polar surface area (TPSA) is 95.2 Å². The van der Waals surface area contributed by atoms with Crippen LogP contribution in [-0.4, -0.2) is 51.6 Å². The number of ether oxygens (including phenoxy) is 2. The van der Waals surface area contributed by atoms with Crippen molar-refractivity contribution in [3.05, 3.63) is 89.6 Å². The Labute approximate surface area is 222 Å². The molecule has 9 nitrogen and oxygen atoms in total. The summed E-state index contributed by atoms with van der Waals surface area (Å²) < 4.78 is 14.9. The minimum atomic E-state index is -0.295. The first-order valence-electron chi connectivity index (χ1n) is 12.3. The van der Waals surface area contributed by atoms with Gasteiger partial charge in [0.05, 0.1) is 6.61 Å². The van der Waals surface area contributed by atoms with Gasteiger partial charge in [0.15, 0.2) is 5.82 Å². The van der Waals surface area contributed by atoms with Gasteiger partial charge >= 0.3 is 0 Å². The van der Waals surface area contributed by atoms with E-state index in [1.54, 1.807) is 49.4 Å². The van der Waals surface area contributed by atoms with Crippen molar-refractivity contribution in [1.29, 1.82) is 0 Å². The molecule has 0 spiro atoms. The monoisotopic (exact) mass is 512 g/mol. The van der Waals surface area contributed by atoms with Gasteiger partial charge in [-0.3, -0.25) is 9.48 Å². The number of benzene rings is 2. The Kier molecular flexibility index (Phi) is 8.80. The number of aryl methyl sites for hydroxylation is 2. The van der Waals surface area contributed by atoms with Crippen molar-refractivity contribution in [1.82, 2.24) is 19.3 Å². The molecule has 196 valence electrons. The van der Waals surface area contributed by atoms with Crippen LogP contribution in [0.5, 0.6) is 5.75 Å². The molecule has 0 saturated carbocycles. The highest BCUT2D eigenvalue weighted by molar-refractivity contribution is 6.04. The number of hydrogen-bond donors (Lipinski definition) is 2. The van der Waals surface area contributed by atoms with Crippen LogP contribution in [0.1, 0.15) is 34.2 Å². The number of methoxy groups -OCH3 is 1. The molecule has 2 heterocycles. The summed E-state index contributed by atoms with van der Waals surface area (Å²) in [4.78, 5) is 17.2. The van der Waals surface area contributed by atoms with Crippen molar-refractivity contribution in [2.45, 2.75) is 26.5 Å². The van der Waals surface area contributed by atoms with Gasteiger partial charge in [-0.25, -0.2) is 4.98 Å². The molecule has 1 atom stereocenters. The van der Waals surface area contributed by atoms with Gasteiger partial charge in [-0.1, -0.05) is 17.9 Å². The molecule has 0 aliphatic rings. The Morgan fingerprint density at radius 3 is 2.68 bits per heavy atom. The van der Waals surface area contributed by atoms with Crippen molar-refractivity contribution in [3.8, 4) is 17.6 Å². The van der Waals surface area contributed by atoms with E-state index >= 15 is 0 Å². The third kappa shape index (κ3) is 7.48. The Hall–Kier alpha value is -4.55. The lowest BCUT2D eigenvalue weighted by atomic mass is 10.1. The Bertz CT molecular complexity index is 1450. The fourth-order valence-electron chi connectivity index (χ4n) is 3.85. The number of anilines is 2. The molecular formula is C29H32N6O3. The Balaban J connectivity index is 1.51. The van der Waals surface area contributed by atoms with Crippen LogP contribution < -0.4 is 15.4 Å². The van der Waals surface area contributed by atoms with E-state index in [0.29, 0.717) is 29.3 Å². The lowest BCUT2D eigenvalue weighted by molar-refractivity contribution is 0.0917. The number of carbonyl (C=O) groups is 1. The molecule has 1 amide bonds. The molecule has 2 aromatic heterocycles. The number of carbonyl (C=O) groups excluding carboxylic acids is 1. The molecule has 4 aromatic rings. The Morgan fingerprint density at radius 2 is 1.95 bits per heavy atom. The van der Waals surface area contributed by atoms with Crippen molar-refractivity contribution in [3.63, 3.8) is 0 Å². The lowest BCUT2D eigenvalue weighted by Crippen LogP contribution is -2.19. The van der Waals surface area contributed by atoms with Crippen molar-refractivity contribution in [2.75, 3.05) is 30.9 Å². The highest BCUT2D eigenvalue weighted by Gasteiger charge is 2.13. The molecule has 38 heavy (non-hydrogen) atoms. The first kappa shape index (κ1) is 26.5. The van der Waals surface area contributed by atoms with Crippen molar-refractivity contribution in [2.24, 2.45) is 7.05 Å².